The molecule has 1 aromatic heterocycles. The molecule has 3 rings (SSSR count). The van der Waals surface area contributed by atoms with Crippen LogP contribution in [0.3, 0.4) is 0 Å². The Morgan fingerprint density at radius 2 is 2.11 bits per heavy atom. The minimum atomic E-state index is 0.208. The summed E-state index contributed by atoms with van der Waals surface area (Å²) in [5.74, 6) is 0.684. The summed E-state index contributed by atoms with van der Waals surface area (Å²) in [6, 6.07) is 8.29. The van der Waals surface area contributed by atoms with E-state index in [2.05, 4.69) is 52.5 Å². The lowest BCUT2D eigenvalue weighted by Crippen LogP contribution is -2.06. The van der Waals surface area contributed by atoms with Crippen molar-refractivity contribution in [2.45, 2.75) is 25.9 Å². The second-order valence-corrected chi connectivity index (χ2v) is 6.60. The molecule has 2 nitrogen and oxygen atoms in total. The van der Waals surface area contributed by atoms with Crippen molar-refractivity contribution in [1.82, 2.24) is 4.98 Å². The molecular formula is C15H16BrNOS. The summed E-state index contributed by atoms with van der Waals surface area (Å²) in [7, 11) is 0. The number of rotatable bonds is 5. The summed E-state index contributed by atoms with van der Waals surface area (Å²) in [6.45, 7) is 2.81. The number of hydrogen-bond donors (Lipinski definition) is 0. The average molecular weight is 338 g/mol. The van der Waals surface area contributed by atoms with Gasteiger partial charge in [-0.3, -0.25) is 0 Å². The molecule has 2 aromatic rings. The molecule has 1 aromatic carbocycles. The van der Waals surface area contributed by atoms with E-state index < -0.39 is 0 Å². The van der Waals surface area contributed by atoms with E-state index in [4.69, 9.17) is 9.72 Å². The number of halogens is 1. The molecule has 4 heteroatoms. The monoisotopic (exact) mass is 337 g/mol. The fourth-order valence-electron chi connectivity index (χ4n) is 2.16. The second-order valence-electron chi connectivity index (χ2n) is 4.79. The van der Waals surface area contributed by atoms with E-state index in [0.717, 1.165) is 27.3 Å². The van der Waals surface area contributed by atoms with Crippen LogP contribution in [0.1, 0.15) is 30.9 Å². The smallest absolute Gasteiger partial charge is 0.122 e. The van der Waals surface area contributed by atoms with E-state index >= 15 is 0 Å². The van der Waals surface area contributed by atoms with Gasteiger partial charge in [0.25, 0.3) is 0 Å². The van der Waals surface area contributed by atoms with Crippen molar-refractivity contribution in [1.29, 1.82) is 0 Å². The van der Waals surface area contributed by atoms with Crippen molar-refractivity contribution in [3.05, 3.63) is 39.1 Å². The molecule has 0 bridgehead atoms. The zero-order valence-electron chi connectivity index (χ0n) is 10.8. The van der Waals surface area contributed by atoms with Crippen molar-refractivity contribution >= 4 is 27.3 Å². The molecule has 100 valence electrons. The maximum Gasteiger partial charge on any atom is 0.122 e. The number of hydrogen-bond acceptors (Lipinski definition) is 3. The molecule has 0 N–H and O–H groups in total. The molecule has 1 saturated carbocycles. The van der Waals surface area contributed by atoms with Gasteiger partial charge >= 0.3 is 0 Å². The first-order valence-corrected chi connectivity index (χ1v) is 8.28. The van der Waals surface area contributed by atoms with Crippen LogP contribution in [0.4, 0.5) is 0 Å². The molecular weight excluding hydrogens is 322 g/mol. The zero-order chi connectivity index (χ0) is 13.2. The van der Waals surface area contributed by atoms with Crippen LogP contribution in [-0.4, -0.2) is 11.6 Å². The molecule has 1 aliphatic rings. The largest absolute Gasteiger partial charge is 0.371 e. The topological polar surface area (TPSA) is 22.1 Å². The highest BCUT2D eigenvalue weighted by molar-refractivity contribution is 9.10. The van der Waals surface area contributed by atoms with Gasteiger partial charge in [0, 0.05) is 22.0 Å². The first-order chi connectivity index (χ1) is 9.28. The van der Waals surface area contributed by atoms with Crippen LogP contribution in [0.2, 0.25) is 0 Å². The number of benzene rings is 1. The standard InChI is InChI=1S/C15H16BrNOS/c1-2-18-14(11-3-4-11)15-17-13(9-19-15)10-5-7-12(16)8-6-10/h5-9,11,14H,2-4H2,1H3. The fraction of sp³-hybridized carbons (Fsp3) is 0.400. The van der Waals surface area contributed by atoms with E-state index in [1.165, 1.54) is 12.8 Å². The second kappa shape index (κ2) is 5.73. The van der Waals surface area contributed by atoms with Crippen LogP contribution >= 0.6 is 27.3 Å². The van der Waals surface area contributed by atoms with Gasteiger partial charge in [-0.25, -0.2) is 4.98 Å². The summed E-state index contributed by atoms with van der Waals surface area (Å²) >= 11 is 5.17. The first-order valence-electron chi connectivity index (χ1n) is 6.61. The van der Waals surface area contributed by atoms with Crippen LogP contribution in [0.5, 0.6) is 0 Å². The molecule has 0 spiro atoms. The van der Waals surface area contributed by atoms with Crippen molar-refractivity contribution in [3.63, 3.8) is 0 Å². The Bertz CT molecular complexity index is 548. The molecule has 1 unspecified atom stereocenters. The highest BCUT2D eigenvalue weighted by Gasteiger charge is 2.34. The minimum Gasteiger partial charge on any atom is -0.371 e. The van der Waals surface area contributed by atoms with Crippen molar-refractivity contribution < 1.29 is 4.74 Å². The van der Waals surface area contributed by atoms with Gasteiger partial charge in [-0.1, -0.05) is 28.1 Å². The number of ether oxygens (including phenoxy) is 1. The van der Waals surface area contributed by atoms with E-state index in [1.807, 2.05) is 0 Å². The number of nitrogens with zero attached hydrogens (tertiary/aromatic N) is 1. The highest BCUT2D eigenvalue weighted by atomic mass is 79.9. The average Bonchev–Trinajstić information content (AvgIpc) is 3.14. The molecule has 0 saturated heterocycles. The van der Waals surface area contributed by atoms with E-state index in [9.17, 15) is 0 Å². The van der Waals surface area contributed by atoms with Gasteiger partial charge in [0.1, 0.15) is 11.1 Å². The van der Waals surface area contributed by atoms with Gasteiger partial charge in [0.15, 0.2) is 0 Å². The Morgan fingerprint density at radius 1 is 1.37 bits per heavy atom. The Labute approximate surface area is 126 Å². The quantitative estimate of drug-likeness (QED) is 0.760. The fourth-order valence-corrected chi connectivity index (χ4v) is 3.39. The number of aromatic nitrogens is 1. The Hall–Kier alpha value is -0.710. The summed E-state index contributed by atoms with van der Waals surface area (Å²) < 4.78 is 6.96. The van der Waals surface area contributed by atoms with Gasteiger partial charge in [-0.05, 0) is 37.8 Å². The van der Waals surface area contributed by atoms with Crippen molar-refractivity contribution in [2.75, 3.05) is 6.61 Å². The van der Waals surface area contributed by atoms with E-state index in [-0.39, 0.29) is 6.10 Å². The minimum absolute atomic E-state index is 0.208. The third kappa shape index (κ3) is 3.07. The van der Waals surface area contributed by atoms with Crippen LogP contribution in [0.25, 0.3) is 11.3 Å². The molecule has 1 heterocycles. The Kier molecular flexibility index (Phi) is 4.01. The Morgan fingerprint density at radius 3 is 2.74 bits per heavy atom. The lowest BCUT2D eigenvalue weighted by atomic mass is 10.2. The molecule has 0 radical (unpaired) electrons. The van der Waals surface area contributed by atoms with Crippen LogP contribution in [-0.2, 0) is 4.74 Å². The zero-order valence-corrected chi connectivity index (χ0v) is 13.2. The number of thiazole rings is 1. The van der Waals surface area contributed by atoms with Gasteiger partial charge < -0.3 is 4.74 Å². The van der Waals surface area contributed by atoms with Crippen LogP contribution in [0.15, 0.2) is 34.1 Å². The van der Waals surface area contributed by atoms with Gasteiger partial charge in [-0.15, -0.1) is 11.3 Å². The van der Waals surface area contributed by atoms with Crippen LogP contribution < -0.4 is 0 Å². The molecule has 1 fully saturated rings. The summed E-state index contributed by atoms with van der Waals surface area (Å²) in [4.78, 5) is 4.77. The lowest BCUT2D eigenvalue weighted by Gasteiger charge is -2.12. The maximum absolute atomic E-state index is 5.86. The van der Waals surface area contributed by atoms with Crippen LogP contribution in [0, 0.1) is 5.92 Å². The normalized spacial score (nSPS) is 16.5. The SMILES string of the molecule is CCOC(c1nc(-c2ccc(Br)cc2)cs1)C1CC1. The molecule has 1 atom stereocenters. The summed E-state index contributed by atoms with van der Waals surface area (Å²) in [6.07, 6.45) is 2.76. The van der Waals surface area contributed by atoms with Crippen molar-refractivity contribution in [2.24, 2.45) is 5.92 Å². The van der Waals surface area contributed by atoms with Crippen molar-refractivity contribution in [3.8, 4) is 11.3 Å². The molecule has 0 amide bonds. The van der Waals surface area contributed by atoms with E-state index in [1.54, 1.807) is 11.3 Å². The predicted octanol–water partition coefficient (Wildman–Crippen LogP) is 5.06. The van der Waals surface area contributed by atoms with Gasteiger partial charge in [0.2, 0.25) is 0 Å². The lowest BCUT2D eigenvalue weighted by molar-refractivity contribution is 0.0462. The third-order valence-electron chi connectivity index (χ3n) is 3.30. The molecule has 0 aliphatic heterocycles. The molecule has 19 heavy (non-hydrogen) atoms. The maximum atomic E-state index is 5.86. The van der Waals surface area contributed by atoms with E-state index in [0.29, 0.717) is 5.92 Å². The summed E-state index contributed by atoms with van der Waals surface area (Å²) in [5, 5.41) is 3.26. The van der Waals surface area contributed by atoms with Gasteiger partial charge in [0.05, 0.1) is 5.69 Å². The first kappa shape index (κ1) is 13.3. The highest BCUT2D eigenvalue weighted by Crippen LogP contribution is 2.44. The Balaban J connectivity index is 1.83. The predicted molar refractivity (Wildman–Crippen MR) is 82.3 cm³/mol. The third-order valence-corrected chi connectivity index (χ3v) is 4.74. The summed E-state index contributed by atoms with van der Waals surface area (Å²) in [5.41, 5.74) is 2.22. The molecule has 1 aliphatic carbocycles. The van der Waals surface area contributed by atoms with Gasteiger partial charge in [-0.2, -0.15) is 0 Å².